The minimum Gasteiger partial charge on any atom is -0.399 e. The van der Waals surface area contributed by atoms with Gasteiger partial charge in [0.15, 0.2) is 0 Å². The van der Waals surface area contributed by atoms with E-state index in [4.69, 9.17) is 9.85 Å². The number of aromatic nitrogens is 1. The number of rotatable bonds is 1. The van der Waals surface area contributed by atoms with Crippen LogP contribution in [0.25, 0.3) is 0 Å². The van der Waals surface area contributed by atoms with Crippen LogP contribution in [0.1, 0.15) is 4.11 Å². The lowest BCUT2D eigenvalue weighted by Gasteiger charge is -1.97. The standard InChI is InChI=1S/C6H9N3/c1-8-6-4-5(7)2-3-9-6/h2-4H,1H3,(H3,7,8,9)/i1D3. The van der Waals surface area contributed by atoms with Gasteiger partial charge in [0.2, 0.25) is 0 Å². The number of nitrogens with zero attached hydrogens (tertiary/aromatic N) is 1. The fourth-order valence-corrected chi connectivity index (χ4v) is 0.515. The summed E-state index contributed by atoms with van der Waals surface area (Å²) in [6, 6.07) is 3.05. The lowest BCUT2D eigenvalue weighted by Crippen LogP contribution is -1.92. The number of hydrogen-bond donors (Lipinski definition) is 2. The molecular weight excluding hydrogens is 114 g/mol. The number of nitrogen functional groups attached to an aromatic ring is 1. The van der Waals surface area contributed by atoms with Gasteiger partial charge in [-0.3, -0.25) is 0 Å². The van der Waals surface area contributed by atoms with Crippen molar-refractivity contribution in [2.45, 2.75) is 0 Å². The lowest BCUT2D eigenvalue weighted by molar-refractivity contribution is 1.29. The van der Waals surface area contributed by atoms with Crippen LogP contribution in [0.2, 0.25) is 0 Å². The molecule has 0 atom stereocenters. The summed E-state index contributed by atoms with van der Waals surface area (Å²) < 4.78 is 20.6. The molecule has 0 aliphatic heterocycles. The third-order valence-corrected chi connectivity index (χ3v) is 0.912. The predicted molar refractivity (Wildman–Crippen MR) is 38.2 cm³/mol. The fourth-order valence-electron chi connectivity index (χ4n) is 0.515. The molecule has 0 bridgehead atoms. The minimum absolute atomic E-state index is 0.259. The minimum atomic E-state index is -2.22. The van der Waals surface area contributed by atoms with E-state index < -0.39 is 6.98 Å². The van der Waals surface area contributed by atoms with Crippen molar-refractivity contribution in [1.29, 1.82) is 0 Å². The van der Waals surface area contributed by atoms with Crippen molar-refractivity contribution >= 4 is 11.5 Å². The Hall–Kier alpha value is -1.25. The Morgan fingerprint density at radius 2 is 2.78 bits per heavy atom. The second-order valence-corrected chi connectivity index (χ2v) is 1.60. The summed E-state index contributed by atoms with van der Waals surface area (Å²) in [6.07, 6.45) is 1.45. The van der Waals surface area contributed by atoms with Gasteiger partial charge >= 0.3 is 0 Å². The van der Waals surface area contributed by atoms with Crippen LogP contribution in [0.5, 0.6) is 0 Å². The van der Waals surface area contributed by atoms with E-state index >= 15 is 0 Å². The zero-order chi connectivity index (χ0) is 9.19. The van der Waals surface area contributed by atoms with E-state index in [9.17, 15) is 0 Å². The Morgan fingerprint density at radius 3 is 3.44 bits per heavy atom. The summed E-state index contributed by atoms with van der Waals surface area (Å²) in [4.78, 5) is 3.77. The molecule has 3 N–H and O–H groups in total. The van der Waals surface area contributed by atoms with Gasteiger partial charge in [-0.1, -0.05) is 0 Å². The molecule has 0 spiro atoms. The molecule has 0 radical (unpaired) electrons. The SMILES string of the molecule is [2H]C([2H])([2H])Nc1cc(N)ccn1. The summed E-state index contributed by atoms with van der Waals surface area (Å²) in [7, 11) is 0. The molecule has 0 saturated heterocycles. The molecule has 0 aromatic carbocycles. The molecule has 9 heavy (non-hydrogen) atoms. The van der Waals surface area contributed by atoms with Gasteiger partial charge in [-0.05, 0) is 6.07 Å². The predicted octanol–water partition coefficient (Wildman–Crippen LogP) is 0.706. The largest absolute Gasteiger partial charge is 0.399 e. The highest BCUT2D eigenvalue weighted by Crippen LogP contribution is 2.05. The van der Waals surface area contributed by atoms with Crippen LogP contribution in [-0.4, -0.2) is 12.0 Å². The maximum atomic E-state index is 6.88. The molecular formula is C6H9N3. The van der Waals surface area contributed by atoms with Crippen LogP contribution >= 0.6 is 0 Å². The highest BCUT2D eigenvalue weighted by Gasteiger charge is 1.86. The lowest BCUT2D eigenvalue weighted by atomic mass is 10.4. The molecule has 0 unspecified atom stereocenters. The molecule has 0 aliphatic carbocycles. The first kappa shape index (κ1) is 3.06. The fraction of sp³-hybridized carbons (Fsp3) is 0.167. The summed E-state index contributed by atoms with van der Waals surface area (Å²) in [5, 5.41) is 2.23. The highest BCUT2D eigenvalue weighted by molar-refractivity contribution is 5.47. The van der Waals surface area contributed by atoms with Crippen molar-refractivity contribution in [2.24, 2.45) is 0 Å². The molecule has 1 aromatic heterocycles. The number of anilines is 2. The first-order valence-electron chi connectivity index (χ1n) is 3.97. The van der Waals surface area contributed by atoms with Crippen LogP contribution in [0, 0.1) is 0 Å². The van der Waals surface area contributed by atoms with E-state index in [0.29, 0.717) is 5.69 Å². The number of nitrogens with two attached hydrogens (primary N) is 1. The Morgan fingerprint density at radius 1 is 1.89 bits per heavy atom. The van der Waals surface area contributed by atoms with Crippen LogP contribution in [0.4, 0.5) is 11.5 Å². The molecule has 0 amide bonds. The van der Waals surface area contributed by atoms with Gasteiger partial charge in [0.25, 0.3) is 0 Å². The molecule has 3 heteroatoms. The van der Waals surface area contributed by atoms with Crippen LogP contribution in [0.3, 0.4) is 0 Å². The second kappa shape index (κ2) is 2.35. The first-order valence-corrected chi connectivity index (χ1v) is 2.47. The second-order valence-electron chi connectivity index (χ2n) is 1.60. The quantitative estimate of drug-likeness (QED) is 0.582. The van der Waals surface area contributed by atoms with E-state index in [1.807, 2.05) is 0 Å². The Balaban J connectivity index is 2.77. The van der Waals surface area contributed by atoms with Gasteiger partial charge in [-0.2, -0.15) is 0 Å². The maximum absolute atomic E-state index is 6.88. The Bertz CT molecular complexity index is 271. The van der Waals surface area contributed by atoms with Crippen LogP contribution in [0.15, 0.2) is 18.3 Å². The van der Waals surface area contributed by atoms with Crippen molar-refractivity contribution in [3.63, 3.8) is 0 Å². The van der Waals surface area contributed by atoms with Gasteiger partial charge in [0.05, 0.1) is 0 Å². The zero-order valence-corrected chi connectivity index (χ0v) is 4.76. The molecule has 48 valence electrons. The third-order valence-electron chi connectivity index (χ3n) is 0.912. The molecule has 3 nitrogen and oxygen atoms in total. The van der Waals surface area contributed by atoms with Crippen molar-refractivity contribution < 1.29 is 4.11 Å². The summed E-state index contributed by atoms with van der Waals surface area (Å²) >= 11 is 0. The van der Waals surface area contributed by atoms with Crippen LogP contribution in [-0.2, 0) is 0 Å². The zero-order valence-electron chi connectivity index (χ0n) is 7.76. The van der Waals surface area contributed by atoms with Gasteiger partial charge in [0.1, 0.15) is 5.82 Å². The van der Waals surface area contributed by atoms with E-state index in [0.717, 1.165) is 0 Å². The monoisotopic (exact) mass is 126 g/mol. The van der Waals surface area contributed by atoms with Crippen molar-refractivity contribution in [2.75, 3.05) is 18.0 Å². The number of pyridine rings is 1. The van der Waals surface area contributed by atoms with Gasteiger partial charge in [0, 0.05) is 29.0 Å². The van der Waals surface area contributed by atoms with Gasteiger partial charge in [-0.25, -0.2) is 4.98 Å². The summed E-state index contributed by atoms with van der Waals surface area (Å²) in [6.45, 7) is -2.22. The molecule has 1 aromatic rings. The van der Waals surface area contributed by atoms with Gasteiger partial charge in [-0.15, -0.1) is 0 Å². The molecule has 1 heterocycles. The van der Waals surface area contributed by atoms with Gasteiger partial charge < -0.3 is 11.1 Å². The highest BCUT2D eigenvalue weighted by atomic mass is 14.9. The molecule has 0 saturated carbocycles. The number of hydrogen-bond acceptors (Lipinski definition) is 3. The van der Waals surface area contributed by atoms with E-state index in [1.54, 1.807) is 6.07 Å². The van der Waals surface area contributed by atoms with Crippen molar-refractivity contribution in [3.8, 4) is 0 Å². The van der Waals surface area contributed by atoms with Crippen molar-refractivity contribution in [3.05, 3.63) is 18.3 Å². The maximum Gasteiger partial charge on any atom is 0.127 e. The molecule has 1 rings (SSSR count). The first-order chi connectivity index (χ1) is 5.47. The summed E-state index contributed by atoms with van der Waals surface area (Å²) in [5.41, 5.74) is 5.90. The summed E-state index contributed by atoms with van der Waals surface area (Å²) in [5.74, 6) is 0.259. The average molecular weight is 126 g/mol. The number of nitrogens with one attached hydrogen (secondary N) is 1. The van der Waals surface area contributed by atoms with E-state index in [2.05, 4.69) is 10.3 Å². The average Bonchev–Trinajstić information content (AvgIpc) is 1.82. The van der Waals surface area contributed by atoms with E-state index in [1.165, 1.54) is 12.3 Å². The van der Waals surface area contributed by atoms with Crippen LogP contribution < -0.4 is 11.1 Å². The Kier molecular flexibility index (Phi) is 0.797. The topological polar surface area (TPSA) is 50.9 Å². The van der Waals surface area contributed by atoms with Crippen molar-refractivity contribution in [1.82, 2.24) is 4.98 Å². The van der Waals surface area contributed by atoms with E-state index in [-0.39, 0.29) is 5.82 Å². The normalized spacial score (nSPS) is 15.3. The Labute approximate surface area is 58.1 Å². The molecule has 0 aliphatic rings. The molecule has 0 fully saturated rings. The third kappa shape index (κ3) is 1.32. The smallest absolute Gasteiger partial charge is 0.127 e.